The Morgan fingerprint density at radius 1 is 0.778 bits per heavy atom. The fourth-order valence-electron chi connectivity index (χ4n) is 2.88. The molecule has 0 aromatic rings. The van der Waals surface area contributed by atoms with Crippen LogP contribution in [0.15, 0.2) is 47.6 Å². The van der Waals surface area contributed by atoms with E-state index in [1.54, 1.807) is 36.5 Å². The van der Waals surface area contributed by atoms with Gasteiger partial charge < -0.3 is 11.5 Å². The van der Waals surface area contributed by atoms with E-state index in [-0.39, 0.29) is 11.6 Å². The van der Waals surface area contributed by atoms with E-state index in [1.807, 2.05) is 0 Å². The first-order chi connectivity index (χ1) is 8.61. The zero-order valence-corrected chi connectivity index (χ0v) is 9.74. The quantitative estimate of drug-likeness (QED) is 0.627. The van der Waals surface area contributed by atoms with Crippen molar-refractivity contribution in [3.8, 4) is 0 Å². The minimum atomic E-state index is -0.538. The van der Waals surface area contributed by atoms with Crippen LogP contribution in [-0.4, -0.2) is 23.7 Å². The van der Waals surface area contributed by atoms with Crippen LogP contribution in [0, 0.1) is 11.8 Å². The van der Waals surface area contributed by atoms with Gasteiger partial charge in [0.05, 0.1) is 11.8 Å². The fraction of sp³-hybridized carbons (Fsp3) is 0.286. The molecule has 18 heavy (non-hydrogen) atoms. The summed E-state index contributed by atoms with van der Waals surface area (Å²) in [4.78, 5) is 24.9. The third-order valence-corrected chi connectivity index (χ3v) is 3.79. The molecule has 0 amide bonds. The SMILES string of the molecule is NC1C=CC=C2C(=O)C3C(=CC=CC3N)C(=O)C21. The second-order valence-electron chi connectivity index (χ2n) is 4.85. The van der Waals surface area contributed by atoms with Gasteiger partial charge in [-0.05, 0) is 0 Å². The molecule has 3 aliphatic rings. The maximum Gasteiger partial charge on any atom is 0.169 e. The van der Waals surface area contributed by atoms with Crippen LogP contribution in [0.25, 0.3) is 0 Å². The number of rotatable bonds is 0. The number of hydrogen-bond acceptors (Lipinski definition) is 4. The number of hydrogen-bond donors (Lipinski definition) is 2. The second-order valence-corrected chi connectivity index (χ2v) is 4.85. The first-order valence-electron chi connectivity index (χ1n) is 5.97. The number of nitrogens with two attached hydrogens (primary N) is 2. The van der Waals surface area contributed by atoms with Crippen LogP contribution in [0.3, 0.4) is 0 Å². The van der Waals surface area contributed by atoms with Crippen LogP contribution in [0.1, 0.15) is 0 Å². The molecule has 0 aliphatic heterocycles. The Kier molecular flexibility index (Phi) is 2.43. The smallest absolute Gasteiger partial charge is 0.169 e. The summed E-state index contributed by atoms with van der Waals surface area (Å²) < 4.78 is 0. The third-order valence-electron chi connectivity index (χ3n) is 3.79. The van der Waals surface area contributed by atoms with Gasteiger partial charge in [0.1, 0.15) is 0 Å². The van der Waals surface area contributed by atoms with Crippen LogP contribution in [-0.2, 0) is 9.59 Å². The van der Waals surface area contributed by atoms with Gasteiger partial charge in [0.2, 0.25) is 0 Å². The molecule has 0 radical (unpaired) electrons. The predicted octanol–water partition coefficient (Wildman–Crippen LogP) is 0.0176. The van der Waals surface area contributed by atoms with Gasteiger partial charge in [-0.1, -0.05) is 36.5 Å². The summed E-state index contributed by atoms with van der Waals surface area (Å²) in [6.07, 6.45) is 10.4. The number of fused-ring (bicyclic) bond motifs is 2. The first kappa shape index (κ1) is 11.3. The summed E-state index contributed by atoms with van der Waals surface area (Å²) in [7, 11) is 0. The van der Waals surface area contributed by atoms with Crippen molar-refractivity contribution >= 4 is 11.6 Å². The molecule has 1 fully saturated rings. The highest BCUT2D eigenvalue weighted by atomic mass is 16.1. The van der Waals surface area contributed by atoms with Gasteiger partial charge in [0, 0.05) is 23.2 Å². The summed E-state index contributed by atoms with van der Waals surface area (Å²) in [5, 5.41) is 0. The minimum Gasteiger partial charge on any atom is -0.324 e. The molecule has 92 valence electrons. The van der Waals surface area contributed by atoms with Crippen molar-refractivity contribution in [3.63, 3.8) is 0 Å². The fourth-order valence-corrected chi connectivity index (χ4v) is 2.88. The van der Waals surface area contributed by atoms with Gasteiger partial charge in [0.15, 0.2) is 11.6 Å². The maximum absolute atomic E-state index is 12.4. The average Bonchev–Trinajstić information content (AvgIpc) is 2.35. The lowest BCUT2D eigenvalue weighted by Gasteiger charge is -2.37. The lowest BCUT2D eigenvalue weighted by atomic mass is 9.66. The van der Waals surface area contributed by atoms with Gasteiger partial charge in [-0.2, -0.15) is 0 Å². The van der Waals surface area contributed by atoms with Crippen LogP contribution in [0.4, 0.5) is 0 Å². The van der Waals surface area contributed by atoms with Crippen molar-refractivity contribution in [2.24, 2.45) is 23.3 Å². The van der Waals surface area contributed by atoms with Crippen LogP contribution in [0.2, 0.25) is 0 Å². The van der Waals surface area contributed by atoms with Crippen molar-refractivity contribution in [1.29, 1.82) is 0 Å². The van der Waals surface area contributed by atoms with E-state index in [1.165, 1.54) is 0 Å². The third kappa shape index (κ3) is 1.39. The molecule has 0 heterocycles. The molecular formula is C14H14N2O2. The maximum atomic E-state index is 12.4. The van der Waals surface area contributed by atoms with E-state index in [9.17, 15) is 9.59 Å². The Bertz CT molecular complexity index is 504. The molecule has 0 aromatic heterocycles. The lowest BCUT2D eigenvalue weighted by Crippen LogP contribution is -2.51. The summed E-state index contributed by atoms with van der Waals surface area (Å²) >= 11 is 0. The number of ketones is 2. The van der Waals surface area contributed by atoms with E-state index in [4.69, 9.17) is 11.5 Å². The van der Waals surface area contributed by atoms with Crippen molar-refractivity contribution in [2.75, 3.05) is 0 Å². The standard InChI is InChI=1S/C14H14N2O2/c15-9-5-1-3-7-11(9)14(18)8-4-2-6-10(16)12(8)13(7)17/h1-6,9-12H,15-16H2. The molecule has 3 aliphatic carbocycles. The van der Waals surface area contributed by atoms with Gasteiger partial charge in [-0.25, -0.2) is 0 Å². The molecule has 4 atom stereocenters. The average molecular weight is 242 g/mol. The van der Waals surface area contributed by atoms with Crippen molar-refractivity contribution in [2.45, 2.75) is 12.1 Å². The van der Waals surface area contributed by atoms with Crippen LogP contribution < -0.4 is 11.5 Å². The molecule has 4 heteroatoms. The van der Waals surface area contributed by atoms with Gasteiger partial charge in [0.25, 0.3) is 0 Å². The Hall–Kier alpha value is -1.78. The summed E-state index contributed by atoms with van der Waals surface area (Å²) in [6.45, 7) is 0. The zero-order valence-electron chi connectivity index (χ0n) is 9.74. The molecule has 0 saturated heterocycles. The highest BCUT2D eigenvalue weighted by molar-refractivity contribution is 6.18. The highest BCUT2D eigenvalue weighted by Gasteiger charge is 2.47. The topological polar surface area (TPSA) is 86.2 Å². The number of Topliss-reactive ketones (excluding diaryl/α,β-unsaturated/α-hetero) is 2. The second kappa shape index (κ2) is 3.86. The number of allylic oxidation sites excluding steroid dienone is 4. The monoisotopic (exact) mass is 242 g/mol. The Labute approximate surface area is 105 Å². The molecule has 0 bridgehead atoms. The zero-order chi connectivity index (χ0) is 12.9. The molecule has 3 rings (SSSR count). The number of carbonyl (C=O) groups excluding carboxylic acids is 2. The van der Waals surface area contributed by atoms with Crippen molar-refractivity contribution in [3.05, 3.63) is 47.6 Å². The molecule has 0 spiro atoms. The Balaban J connectivity index is 2.13. The molecule has 1 saturated carbocycles. The molecule has 4 nitrogen and oxygen atoms in total. The van der Waals surface area contributed by atoms with Crippen LogP contribution in [0.5, 0.6) is 0 Å². The molecular weight excluding hydrogens is 228 g/mol. The Morgan fingerprint density at radius 2 is 1.17 bits per heavy atom. The summed E-state index contributed by atoms with van der Waals surface area (Å²) in [6, 6.07) is -0.851. The number of carbonyl (C=O) groups is 2. The van der Waals surface area contributed by atoms with Crippen LogP contribution >= 0.6 is 0 Å². The van der Waals surface area contributed by atoms with Crippen molar-refractivity contribution in [1.82, 2.24) is 0 Å². The summed E-state index contributed by atoms with van der Waals surface area (Å²) in [5.41, 5.74) is 12.8. The van der Waals surface area contributed by atoms with E-state index >= 15 is 0 Å². The van der Waals surface area contributed by atoms with Crippen molar-refractivity contribution < 1.29 is 9.59 Å². The van der Waals surface area contributed by atoms with E-state index < -0.39 is 23.9 Å². The highest BCUT2D eigenvalue weighted by Crippen LogP contribution is 2.38. The van der Waals surface area contributed by atoms with E-state index in [0.717, 1.165) is 0 Å². The predicted molar refractivity (Wildman–Crippen MR) is 67.4 cm³/mol. The normalized spacial score (nSPS) is 37.9. The van der Waals surface area contributed by atoms with E-state index in [2.05, 4.69) is 0 Å². The van der Waals surface area contributed by atoms with Gasteiger partial charge in [-0.15, -0.1) is 0 Å². The molecule has 4 N–H and O–H groups in total. The van der Waals surface area contributed by atoms with Gasteiger partial charge in [-0.3, -0.25) is 9.59 Å². The summed E-state index contributed by atoms with van der Waals surface area (Å²) in [5.74, 6) is -1.21. The largest absolute Gasteiger partial charge is 0.324 e. The molecule has 4 unspecified atom stereocenters. The Morgan fingerprint density at radius 3 is 1.56 bits per heavy atom. The van der Waals surface area contributed by atoms with Gasteiger partial charge >= 0.3 is 0 Å². The minimum absolute atomic E-state index is 0.0671. The molecule has 0 aromatic carbocycles. The first-order valence-corrected chi connectivity index (χ1v) is 5.97. The van der Waals surface area contributed by atoms with E-state index in [0.29, 0.717) is 11.1 Å². The lowest BCUT2D eigenvalue weighted by molar-refractivity contribution is -0.128.